The van der Waals surface area contributed by atoms with Gasteiger partial charge in [0, 0.05) is 7.11 Å². The SMILES string of the molecule is COC(C)(C)C(=O)C1=CCCCCCC1. The van der Waals surface area contributed by atoms with Crippen LogP contribution < -0.4 is 0 Å². The molecule has 0 bridgehead atoms. The topological polar surface area (TPSA) is 26.3 Å². The summed E-state index contributed by atoms with van der Waals surface area (Å²) < 4.78 is 5.23. The molecular formula is C13H22O2. The molecule has 0 amide bonds. The first-order chi connectivity index (χ1) is 7.08. The molecule has 0 aromatic rings. The maximum atomic E-state index is 12.1. The summed E-state index contributed by atoms with van der Waals surface area (Å²) in [6, 6.07) is 0. The quantitative estimate of drug-likeness (QED) is 0.714. The fourth-order valence-corrected chi connectivity index (χ4v) is 1.88. The molecule has 0 aromatic heterocycles. The molecule has 2 heteroatoms. The van der Waals surface area contributed by atoms with E-state index < -0.39 is 5.60 Å². The monoisotopic (exact) mass is 210 g/mol. The summed E-state index contributed by atoms with van der Waals surface area (Å²) in [5, 5.41) is 0. The van der Waals surface area contributed by atoms with Gasteiger partial charge in [-0.05, 0) is 45.1 Å². The van der Waals surface area contributed by atoms with E-state index in [0.717, 1.165) is 24.8 Å². The molecule has 0 aliphatic heterocycles. The highest BCUT2D eigenvalue weighted by atomic mass is 16.5. The summed E-state index contributed by atoms with van der Waals surface area (Å²) in [4.78, 5) is 12.1. The molecule has 0 heterocycles. The first-order valence-electron chi connectivity index (χ1n) is 5.87. The van der Waals surface area contributed by atoms with Gasteiger partial charge in [0.15, 0.2) is 5.78 Å². The summed E-state index contributed by atoms with van der Waals surface area (Å²) in [7, 11) is 1.60. The van der Waals surface area contributed by atoms with Gasteiger partial charge in [0.05, 0.1) is 0 Å². The normalized spacial score (nSPS) is 19.0. The average Bonchev–Trinajstić information content (AvgIpc) is 2.16. The number of carbonyl (C=O) groups excluding carboxylic acids is 1. The van der Waals surface area contributed by atoms with Crippen molar-refractivity contribution in [2.45, 2.75) is 58.0 Å². The van der Waals surface area contributed by atoms with Gasteiger partial charge in [0.25, 0.3) is 0 Å². The van der Waals surface area contributed by atoms with Crippen LogP contribution in [0.3, 0.4) is 0 Å². The van der Waals surface area contributed by atoms with Gasteiger partial charge in [-0.3, -0.25) is 4.79 Å². The van der Waals surface area contributed by atoms with E-state index in [0.29, 0.717) is 0 Å². The molecule has 0 N–H and O–H groups in total. The minimum Gasteiger partial charge on any atom is -0.371 e. The van der Waals surface area contributed by atoms with Gasteiger partial charge in [-0.25, -0.2) is 0 Å². The van der Waals surface area contributed by atoms with Crippen molar-refractivity contribution in [3.8, 4) is 0 Å². The summed E-state index contributed by atoms with van der Waals surface area (Å²) in [5.41, 5.74) is 0.312. The number of hydrogen-bond donors (Lipinski definition) is 0. The minimum atomic E-state index is -0.662. The third-order valence-corrected chi connectivity index (χ3v) is 3.14. The molecule has 0 saturated heterocycles. The van der Waals surface area contributed by atoms with Crippen molar-refractivity contribution in [2.75, 3.05) is 7.11 Å². The lowest BCUT2D eigenvalue weighted by atomic mass is 9.90. The van der Waals surface area contributed by atoms with E-state index in [1.54, 1.807) is 7.11 Å². The van der Waals surface area contributed by atoms with Gasteiger partial charge in [-0.2, -0.15) is 0 Å². The second-order valence-corrected chi connectivity index (χ2v) is 4.73. The fourth-order valence-electron chi connectivity index (χ4n) is 1.88. The number of methoxy groups -OCH3 is 1. The third kappa shape index (κ3) is 3.45. The van der Waals surface area contributed by atoms with Crippen molar-refractivity contribution in [2.24, 2.45) is 0 Å². The molecule has 0 atom stereocenters. The van der Waals surface area contributed by atoms with Crippen LogP contribution in [0.1, 0.15) is 52.4 Å². The van der Waals surface area contributed by atoms with Crippen molar-refractivity contribution < 1.29 is 9.53 Å². The maximum Gasteiger partial charge on any atom is 0.189 e. The van der Waals surface area contributed by atoms with E-state index in [4.69, 9.17) is 4.74 Å². The van der Waals surface area contributed by atoms with Crippen molar-refractivity contribution >= 4 is 5.78 Å². The van der Waals surface area contributed by atoms with Gasteiger partial charge in [0.1, 0.15) is 5.60 Å². The molecule has 86 valence electrons. The van der Waals surface area contributed by atoms with Gasteiger partial charge >= 0.3 is 0 Å². The Labute approximate surface area is 92.7 Å². The van der Waals surface area contributed by atoms with Crippen molar-refractivity contribution in [3.63, 3.8) is 0 Å². The molecule has 1 aliphatic rings. The predicted molar refractivity (Wildman–Crippen MR) is 61.9 cm³/mol. The zero-order valence-corrected chi connectivity index (χ0v) is 10.1. The Kier molecular flexibility index (Phi) is 4.52. The van der Waals surface area contributed by atoms with Crippen LogP contribution in [-0.4, -0.2) is 18.5 Å². The Hall–Kier alpha value is -0.630. The van der Waals surface area contributed by atoms with Crippen LogP contribution >= 0.6 is 0 Å². The molecular weight excluding hydrogens is 188 g/mol. The lowest BCUT2D eigenvalue weighted by Crippen LogP contribution is -2.35. The Bertz CT molecular complexity index is 251. The second-order valence-electron chi connectivity index (χ2n) is 4.73. The highest BCUT2D eigenvalue weighted by Gasteiger charge is 2.29. The van der Waals surface area contributed by atoms with Crippen LogP contribution in [0.2, 0.25) is 0 Å². The number of ketones is 1. The number of Topliss-reactive ketones (excluding diaryl/α,β-unsaturated/α-hetero) is 1. The molecule has 0 fully saturated rings. The number of hydrogen-bond acceptors (Lipinski definition) is 2. The van der Waals surface area contributed by atoms with Crippen LogP contribution in [0, 0.1) is 0 Å². The molecule has 0 unspecified atom stereocenters. The third-order valence-electron chi connectivity index (χ3n) is 3.14. The van der Waals surface area contributed by atoms with Gasteiger partial charge < -0.3 is 4.74 Å². The number of allylic oxidation sites excluding steroid dienone is 1. The first-order valence-corrected chi connectivity index (χ1v) is 5.87. The summed E-state index contributed by atoms with van der Waals surface area (Å²) in [5.74, 6) is 0.159. The van der Waals surface area contributed by atoms with Crippen molar-refractivity contribution in [1.29, 1.82) is 0 Å². The standard InChI is InChI=1S/C13H22O2/c1-13(2,15-3)12(14)11-9-7-5-4-6-8-10-11/h9H,4-8,10H2,1-3H3. The van der Waals surface area contributed by atoms with Gasteiger partial charge in [-0.15, -0.1) is 0 Å². The van der Waals surface area contributed by atoms with Gasteiger partial charge in [-0.1, -0.05) is 18.9 Å². The smallest absolute Gasteiger partial charge is 0.189 e. The van der Waals surface area contributed by atoms with Crippen LogP contribution in [-0.2, 0) is 9.53 Å². The lowest BCUT2D eigenvalue weighted by Gasteiger charge is -2.23. The molecule has 15 heavy (non-hydrogen) atoms. The van der Waals surface area contributed by atoms with Crippen LogP contribution in [0.4, 0.5) is 0 Å². The summed E-state index contributed by atoms with van der Waals surface area (Å²) in [6.07, 6.45) is 8.97. The average molecular weight is 210 g/mol. The number of carbonyl (C=O) groups is 1. The Morgan fingerprint density at radius 1 is 1.27 bits per heavy atom. The molecule has 0 spiro atoms. The first kappa shape index (κ1) is 12.4. The molecule has 0 radical (unpaired) electrons. The highest BCUT2D eigenvalue weighted by Crippen LogP contribution is 2.23. The van der Waals surface area contributed by atoms with Crippen LogP contribution in [0.5, 0.6) is 0 Å². The summed E-state index contributed by atoms with van der Waals surface area (Å²) >= 11 is 0. The lowest BCUT2D eigenvalue weighted by molar-refractivity contribution is -0.133. The van der Waals surface area contributed by atoms with Crippen LogP contribution in [0.25, 0.3) is 0 Å². The Morgan fingerprint density at radius 3 is 2.60 bits per heavy atom. The van der Waals surface area contributed by atoms with E-state index in [1.807, 2.05) is 13.8 Å². The predicted octanol–water partition coefficient (Wildman–Crippen LogP) is 3.26. The van der Waals surface area contributed by atoms with Gasteiger partial charge in [0.2, 0.25) is 0 Å². The highest BCUT2D eigenvalue weighted by molar-refractivity contribution is 6.01. The van der Waals surface area contributed by atoms with E-state index in [1.165, 1.54) is 19.3 Å². The summed E-state index contributed by atoms with van der Waals surface area (Å²) in [6.45, 7) is 3.68. The Balaban J connectivity index is 2.72. The molecule has 1 rings (SSSR count). The Morgan fingerprint density at radius 2 is 1.93 bits per heavy atom. The molecule has 0 aromatic carbocycles. The zero-order chi connectivity index (χ0) is 11.3. The number of rotatable bonds is 3. The van der Waals surface area contributed by atoms with E-state index >= 15 is 0 Å². The molecule has 2 nitrogen and oxygen atoms in total. The second kappa shape index (κ2) is 5.45. The van der Waals surface area contributed by atoms with E-state index in [9.17, 15) is 4.79 Å². The zero-order valence-electron chi connectivity index (χ0n) is 10.1. The largest absolute Gasteiger partial charge is 0.371 e. The van der Waals surface area contributed by atoms with Crippen molar-refractivity contribution in [3.05, 3.63) is 11.6 Å². The molecule has 0 saturated carbocycles. The fraction of sp³-hybridized carbons (Fsp3) is 0.769. The maximum absolute atomic E-state index is 12.1. The van der Waals surface area contributed by atoms with Crippen molar-refractivity contribution in [1.82, 2.24) is 0 Å². The van der Waals surface area contributed by atoms with E-state index in [-0.39, 0.29) is 5.78 Å². The van der Waals surface area contributed by atoms with Crippen LogP contribution in [0.15, 0.2) is 11.6 Å². The van der Waals surface area contributed by atoms with E-state index in [2.05, 4.69) is 6.08 Å². The molecule has 1 aliphatic carbocycles. The minimum absolute atomic E-state index is 0.159. The number of ether oxygens (including phenoxy) is 1.